The fourth-order valence-electron chi connectivity index (χ4n) is 1.90. The molecule has 0 bridgehead atoms. The molecule has 4 nitrogen and oxygen atoms in total. The Morgan fingerprint density at radius 2 is 1.91 bits per heavy atom. The van der Waals surface area contributed by atoms with Gasteiger partial charge in [0, 0.05) is 22.6 Å². The number of halogens is 1. The predicted molar refractivity (Wildman–Crippen MR) is 93.3 cm³/mol. The van der Waals surface area contributed by atoms with Gasteiger partial charge in [0.25, 0.3) is 5.91 Å². The van der Waals surface area contributed by atoms with Crippen molar-refractivity contribution in [3.05, 3.63) is 70.4 Å². The van der Waals surface area contributed by atoms with Crippen molar-refractivity contribution in [1.29, 1.82) is 5.26 Å². The zero-order chi connectivity index (χ0) is 16.8. The lowest BCUT2D eigenvalue weighted by molar-refractivity contribution is -0.112. The smallest absolute Gasteiger partial charge is 0.267 e. The maximum Gasteiger partial charge on any atom is 0.267 e. The molecule has 0 radical (unpaired) electrons. The summed E-state index contributed by atoms with van der Waals surface area (Å²) < 4.78 is 0. The molecule has 0 atom stereocenters. The summed E-state index contributed by atoms with van der Waals surface area (Å²) in [6, 6.07) is 14.7. The van der Waals surface area contributed by atoms with Gasteiger partial charge in [-0.05, 0) is 43.2 Å². The highest BCUT2D eigenvalue weighted by atomic mass is 35.5. The van der Waals surface area contributed by atoms with Gasteiger partial charge in [0.2, 0.25) is 0 Å². The number of hydrogen-bond acceptors (Lipinski definition) is 3. The molecule has 2 aromatic rings. The Morgan fingerprint density at radius 3 is 2.57 bits per heavy atom. The van der Waals surface area contributed by atoms with E-state index < -0.39 is 5.91 Å². The first-order chi connectivity index (χ1) is 11.0. The maximum atomic E-state index is 12.2. The summed E-state index contributed by atoms with van der Waals surface area (Å²) in [6.45, 7) is 3.82. The minimum atomic E-state index is -0.492. The van der Waals surface area contributed by atoms with Crippen LogP contribution >= 0.6 is 11.6 Å². The first kappa shape index (κ1) is 16.6. The fraction of sp³-hybridized carbons (Fsp3) is 0.111. The molecule has 0 fully saturated rings. The molecular weight excluding hydrogens is 310 g/mol. The van der Waals surface area contributed by atoms with E-state index in [0.717, 1.165) is 16.8 Å². The second-order valence-electron chi connectivity index (χ2n) is 5.05. The van der Waals surface area contributed by atoms with Crippen molar-refractivity contribution in [3.63, 3.8) is 0 Å². The highest BCUT2D eigenvalue weighted by Gasteiger charge is 2.10. The normalized spacial score (nSPS) is 10.8. The number of carbonyl (C=O) groups is 1. The number of nitriles is 1. The van der Waals surface area contributed by atoms with Crippen molar-refractivity contribution in [2.45, 2.75) is 13.8 Å². The van der Waals surface area contributed by atoms with Crippen LogP contribution in [-0.4, -0.2) is 5.91 Å². The van der Waals surface area contributed by atoms with Gasteiger partial charge in [0.05, 0.1) is 0 Å². The van der Waals surface area contributed by atoms with Gasteiger partial charge in [-0.2, -0.15) is 5.26 Å². The number of rotatable bonds is 4. The van der Waals surface area contributed by atoms with E-state index in [9.17, 15) is 10.1 Å². The van der Waals surface area contributed by atoms with E-state index in [2.05, 4.69) is 10.6 Å². The summed E-state index contributed by atoms with van der Waals surface area (Å²) in [5, 5.41) is 15.4. The molecule has 5 heteroatoms. The van der Waals surface area contributed by atoms with E-state index in [-0.39, 0.29) is 5.57 Å². The summed E-state index contributed by atoms with van der Waals surface area (Å²) in [4.78, 5) is 12.2. The molecule has 2 aromatic carbocycles. The Bertz CT molecular complexity index is 806. The average Bonchev–Trinajstić information content (AvgIpc) is 2.53. The Labute approximate surface area is 140 Å². The van der Waals surface area contributed by atoms with Crippen LogP contribution in [0.2, 0.25) is 5.02 Å². The lowest BCUT2D eigenvalue weighted by atomic mass is 10.2. The van der Waals surface area contributed by atoms with Crippen molar-refractivity contribution in [2.75, 3.05) is 10.6 Å². The topological polar surface area (TPSA) is 64.9 Å². The molecule has 0 saturated heterocycles. The van der Waals surface area contributed by atoms with Gasteiger partial charge < -0.3 is 10.6 Å². The van der Waals surface area contributed by atoms with Gasteiger partial charge in [-0.25, -0.2) is 0 Å². The molecule has 0 unspecified atom stereocenters. The van der Waals surface area contributed by atoms with Gasteiger partial charge in [-0.15, -0.1) is 0 Å². The average molecular weight is 326 g/mol. The van der Waals surface area contributed by atoms with Crippen LogP contribution in [0.5, 0.6) is 0 Å². The molecule has 2 N–H and O–H groups in total. The second kappa shape index (κ2) is 7.48. The predicted octanol–water partition coefficient (Wildman–Crippen LogP) is 4.41. The lowest BCUT2D eigenvalue weighted by Gasteiger charge is -2.08. The van der Waals surface area contributed by atoms with Crippen LogP contribution in [0.3, 0.4) is 0 Å². The molecule has 0 saturated carbocycles. The van der Waals surface area contributed by atoms with E-state index in [1.807, 2.05) is 44.2 Å². The number of benzene rings is 2. The van der Waals surface area contributed by atoms with Crippen LogP contribution in [-0.2, 0) is 4.79 Å². The summed E-state index contributed by atoms with van der Waals surface area (Å²) in [6.07, 6.45) is 1.40. The number of amides is 1. The fourth-order valence-corrected chi connectivity index (χ4v) is 2.08. The quantitative estimate of drug-likeness (QED) is 0.646. The molecule has 0 aromatic heterocycles. The Morgan fingerprint density at radius 1 is 1.17 bits per heavy atom. The van der Waals surface area contributed by atoms with Crippen molar-refractivity contribution in [1.82, 2.24) is 0 Å². The van der Waals surface area contributed by atoms with Gasteiger partial charge >= 0.3 is 0 Å². The Kier molecular flexibility index (Phi) is 5.40. The minimum absolute atomic E-state index is 0.0232. The standard InChI is InChI=1S/C18H16ClN3O/c1-12-7-8-15(9-16(12)19)22-18(23)14(10-20)11-21-17-6-4-3-5-13(17)2/h3-9,11,21H,1-2H3,(H,22,23)/b14-11-. The lowest BCUT2D eigenvalue weighted by Crippen LogP contribution is -2.14. The highest BCUT2D eigenvalue weighted by Crippen LogP contribution is 2.20. The minimum Gasteiger partial charge on any atom is -0.360 e. The van der Waals surface area contributed by atoms with Gasteiger partial charge in [-0.3, -0.25) is 4.79 Å². The second-order valence-corrected chi connectivity index (χ2v) is 5.45. The van der Waals surface area contributed by atoms with Crippen molar-refractivity contribution >= 4 is 28.9 Å². The third-order valence-electron chi connectivity index (χ3n) is 3.31. The zero-order valence-corrected chi connectivity index (χ0v) is 13.6. The molecule has 23 heavy (non-hydrogen) atoms. The summed E-state index contributed by atoms with van der Waals surface area (Å²) in [5.74, 6) is -0.492. The van der Waals surface area contributed by atoms with Crippen LogP contribution in [0, 0.1) is 25.2 Å². The van der Waals surface area contributed by atoms with Crippen LogP contribution in [0.1, 0.15) is 11.1 Å². The number of aryl methyl sites for hydroxylation is 2. The van der Waals surface area contributed by atoms with Crippen LogP contribution in [0.25, 0.3) is 0 Å². The molecule has 1 amide bonds. The number of hydrogen-bond donors (Lipinski definition) is 2. The Hall–Kier alpha value is -2.77. The first-order valence-electron chi connectivity index (χ1n) is 7.01. The summed E-state index contributed by atoms with van der Waals surface area (Å²) in [5.41, 5.74) is 3.30. The van der Waals surface area contributed by atoms with Crippen molar-refractivity contribution in [2.24, 2.45) is 0 Å². The third kappa shape index (κ3) is 4.35. The first-order valence-corrected chi connectivity index (χ1v) is 7.39. The molecule has 0 aliphatic heterocycles. The Balaban J connectivity index is 2.12. The molecule has 0 aliphatic rings. The number of para-hydroxylation sites is 1. The highest BCUT2D eigenvalue weighted by molar-refractivity contribution is 6.31. The van der Waals surface area contributed by atoms with Crippen molar-refractivity contribution < 1.29 is 4.79 Å². The number of anilines is 2. The monoisotopic (exact) mass is 325 g/mol. The third-order valence-corrected chi connectivity index (χ3v) is 3.72. The van der Waals surface area contributed by atoms with Gasteiger partial charge in [-0.1, -0.05) is 35.9 Å². The van der Waals surface area contributed by atoms with Gasteiger partial charge in [0.1, 0.15) is 11.6 Å². The zero-order valence-electron chi connectivity index (χ0n) is 12.9. The molecular formula is C18H16ClN3O. The van der Waals surface area contributed by atoms with E-state index >= 15 is 0 Å². The van der Waals surface area contributed by atoms with E-state index in [0.29, 0.717) is 10.7 Å². The molecule has 0 aliphatic carbocycles. The van der Waals surface area contributed by atoms with E-state index in [4.69, 9.17) is 11.6 Å². The molecule has 116 valence electrons. The number of nitrogens with zero attached hydrogens (tertiary/aromatic N) is 1. The number of carbonyl (C=O) groups excluding carboxylic acids is 1. The molecule has 0 spiro atoms. The van der Waals surface area contributed by atoms with Gasteiger partial charge in [0.15, 0.2) is 0 Å². The summed E-state index contributed by atoms with van der Waals surface area (Å²) in [7, 11) is 0. The SMILES string of the molecule is Cc1ccc(NC(=O)/C(C#N)=C\Nc2ccccc2C)cc1Cl. The summed E-state index contributed by atoms with van der Waals surface area (Å²) >= 11 is 6.03. The maximum absolute atomic E-state index is 12.2. The van der Waals surface area contributed by atoms with Crippen molar-refractivity contribution in [3.8, 4) is 6.07 Å². The largest absolute Gasteiger partial charge is 0.360 e. The molecule has 2 rings (SSSR count). The molecule has 0 heterocycles. The van der Waals surface area contributed by atoms with E-state index in [1.54, 1.807) is 18.2 Å². The van der Waals surface area contributed by atoms with Crippen LogP contribution in [0.15, 0.2) is 54.2 Å². The van der Waals surface area contributed by atoms with E-state index in [1.165, 1.54) is 6.20 Å². The van der Waals surface area contributed by atoms with Crippen LogP contribution in [0.4, 0.5) is 11.4 Å². The number of nitrogens with one attached hydrogen (secondary N) is 2. The van der Waals surface area contributed by atoms with Crippen LogP contribution < -0.4 is 10.6 Å².